The fourth-order valence-corrected chi connectivity index (χ4v) is 3.94. The molecule has 2 aliphatic heterocycles. The highest BCUT2D eigenvalue weighted by molar-refractivity contribution is 5.94. The average Bonchev–Trinajstić information content (AvgIpc) is 3.55. The summed E-state index contributed by atoms with van der Waals surface area (Å²) in [5.74, 6) is 0.913. The minimum atomic E-state index is -0.878. The largest absolute Gasteiger partial charge is 0.479 e. The van der Waals surface area contributed by atoms with Crippen molar-refractivity contribution in [1.29, 1.82) is 0 Å². The molecule has 0 radical (unpaired) electrons. The third kappa shape index (κ3) is 5.13. The Balaban J connectivity index is 1.69. The summed E-state index contributed by atoms with van der Waals surface area (Å²) in [7, 11) is 1.59. The number of dihydropyridines is 1. The predicted molar refractivity (Wildman–Crippen MR) is 111 cm³/mol. The van der Waals surface area contributed by atoms with E-state index in [0.29, 0.717) is 18.4 Å². The molecule has 29 heavy (non-hydrogen) atoms. The van der Waals surface area contributed by atoms with E-state index in [9.17, 15) is 9.59 Å². The van der Waals surface area contributed by atoms with Crippen LogP contribution in [0.3, 0.4) is 0 Å². The van der Waals surface area contributed by atoms with Crippen LogP contribution in [-0.2, 0) is 19.1 Å². The lowest BCUT2D eigenvalue weighted by atomic mass is 9.84. The van der Waals surface area contributed by atoms with Crippen LogP contribution in [0.4, 0.5) is 0 Å². The second-order valence-electron chi connectivity index (χ2n) is 9.41. The van der Waals surface area contributed by atoms with Gasteiger partial charge in [-0.1, -0.05) is 26.8 Å². The summed E-state index contributed by atoms with van der Waals surface area (Å²) < 4.78 is 11.4. The van der Waals surface area contributed by atoms with Gasteiger partial charge in [0.25, 0.3) is 5.91 Å². The normalized spacial score (nSPS) is 26.1. The molecular formula is C22H35N3O4. The minimum Gasteiger partial charge on any atom is -0.479 e. The number of hydrogen-bond acceptors (Lipinski definition) is 5. The maximum absolute atomic E-state index is 13.4. The fraction of sp³-hybridized carbons (Fsp3) is 0.727. The first-order chi connectivity index (χ1) is 13.8. The van der Waals surface area contributed by atoms with Crippen LogP contribution >= 0.6 is 0 Å². The number of likely N-dealkylation sites (N-methyl/N-ethyl adjacent to an activating group) is 1. The van der Waals surface area contributed by atoms with E-state index >= 15 is 0 Å². The third-order valence-electron chi connectivity index (χ3n) is 6.00. The zero-order valence-corrected chi connectivity index (χ0v) is 18.0. The molecule has 0 bridgehead atoms. The fourth-order valence-electron chi connectivity index (χ4n) is 3.94. The van der Waals surface area contributed by atoms with Gasteiger partial charge in [-0.3, -0.25) is 9.59 Å². The summed E-state index contributed by atoms with van der Waals surface area (Å²) in [6.07, 6.45) is 9.60. The van der Waals surface area contributed by atoms with Crippen molar-refractivity contribution in [2.75, 3.05) is 26.9 Å². The Morgan fingerprint density at radius 1 is 1.28 bits per heavy atom. The van der Waals surface area contributed by atoms with Crippen molar-refractivity contribution >= 4 is 11.8 Å². The first kappa shape index (κ1) is 21.7. The van der Waals surface area contributed by atoms with Crippen molar-refractivity contribution in [3.63, 3.8) is 0 Å². The van der Waals surface area contributed by atoms with Gasteiger partial charge in [-0.2, -0.15) is 0 Å². The van der Waals surface area contributed by atoms with Gasteiger partial charge in [0.1, 0.15) is 11.6 Å². The number of allylic oxidation sites excluding steroid dienone is 2. The molecule has 0 aromatic heterocycles. The molecule has 2 fully saturated rings. The number of amides is 2. The van der Waals surface area contributed by atoms with E-state index in [-0.39, 0.29) is 17.7 Å². The topological polar surface area (TPSA) is 88.7 Å². The molecule has 3 aliphatic rings. The van der Waals surface area contributed by atoms with Crippen LogP contribution < -0.4 is 16.0 Å². The molecule has 7 nitrogen and oxygen atoms in total. The summed E-state index contributed by atoms with van der Waals surface area (Å²) >= 11 is 0. The SMILES string of the molecule is CNC(=O)C(NC(=O)[C@]1(C2CC2)C=CC=C(OCC2CCOCC2)N1)C(C)(C)C. The first-order valence-corrected chi connectivity index (χ1v) is 10.7. The second-order valence-corrected chi connectivity index (χ2v) is 9.41. The standard InChI is InChI=1S/C22H35N3O4/c1-21(2,3)18(19(26)23-4)24-20(27)22(16-7-8-16)11-5-6-17(25-22)29-14-15-9-12-28-13-10-15/h5-6,11,15-16,18,25H,7-10,12-14H2,1-4H3,(H,23,26)(H,24,27)/t18?,22-/m1/s1. The van der Waals surface area contributed by atoms with Gasteiger partial charge in [0.05, 0.1) is 6.61 Å². The van der Waals surface area contributed by atoms with Crippen LogP contribution in [0.1, 0.15) is 46.5 Å². The lowest BCUT2D eigenvalue weighted by molar-refractivity contribution is -0.134. The molecule has 0 aromatic rings. The third-order valence-corrected chi connectivity index (χ3v) is 6.00. The summed E-state index contributed by atoms with van der Waals surface area (Å²) in [5.41, 5.74) is -1.28. The molecule has 3 rings (SSSR count). The van der Waals surface area contributed by atoms with Gasteiger partial charge >= 0.3 is 0 Å². The monoisotopic (exact) mass is 405 g/mol. The Bertz CT molecular complexity index is 672. The number of carbonyl (C=O) groups excluding carboxylic acids is 2. The average molecular weight is 406 g/mol. The zero-order valence-electron chi connectivity index (χ0n) is 18.0. The molecule has 1 saturated heterocycles. The Hall–Kier alpha value is -2.02. The van der Waals surface area contributed by atoms with E-state index in [1.54, 1.807) is 7.05 Å². The van der Waals surface area contributed by atoms with Crippen LogP contribution in [0, 0.1) is 17.3 Å². The van der Waals surface area contributed by atoms with Crippen LogP contribution in [0.15, 0.2) is 24.1 Å². The van der Waals surface area contributed by atoms with E-state index in [4.69, 9.17) is 9.47 Å². The van der Waals surface area contributed by atoms with Gasteiger partial charge in [0.15, 0.2) is 5.88 Å². The summed E-state index contributed by atoms with van der Waals surface area (Å²) in [6, 6.07) is -0.622. The zero-order chi connectivity index (χ0) is 21.1. The molecule has 2 atom stereocenters. The molecule has 0 aromatic carbocycles. The minimum absolute atomic E-state index is 0.181. The van der Waals surface area contributed by atoms with Gasteiger partial charge in [0, 0.05) is 20.3 Å². The summed E-state index contributed by atoms with van der Waals surface area (Å²) in [4.78, 5) is 25.8. The van der Waals surface area contributed by atoms with E-state index in [0.717, 1.165) is 38.9 Å². The molecule has 0 spiro atoms. The van der Waals surface area contributed by atoms with Crippen molar-refractivity contribution in [3.05, 3.63) is 24.1 Å². The first-order valence-electron chi connectivity index (χ1n) is 10.7. The predicted octanol–water partition coefficient (Wildman–Crippen LogP) is 1.86. The van der Waals surface area contributed by atoms with Crippen molar-refractivity contribution < 1.29 is 19.1 Å². The second kappa shape index (κ2) is 8.78. The van der Waals surface area contributed by atoms with Crippen LogP contribution in [0.2, 0.25) is 0 Å². The highest BCUT2D eigenvalue weighted by Gasteiger charge is 2.52. The van der Waals surface area contributed by atoms with Crippen LogP contribution in [0.5, 0.6) is 0 Å². The number of rotatable bonds is 7. The quantitative estimate of drug-likeness (QED) is 0.602. The van der Waals surface area contributed by atoms with E-state index in [1.165, 1.54) is 0 Å². The van der Waals surface area contributed by atoms with Gasteiger partial charge in [0.2, 0.25) is 5.91 Å². The van der Waals surface area contributed by atoms with Crippen molar-refractivity contribution in [2.45, 2.75) is 58.0 Å². The Kier molecular flexibility index (Phi) is 6.56. The molecule has 1 aliphatic carbocycles. The summed E-state index contributed by atoms with van der Waals surface area (Å²) in [5, 5.41) is 9.02. The molecular weight excluding hydrogens is 370 g/mol. The molecule has 3 N–H and O–H groups in total. The maximum atomic E-state index is 13.4. The molecule has 1 saturated carbocycles. The number of carbonyl (C=O) groups is 2. The van der Waals surface area contributed by atoms with Crippen molar-refractivity contribution in [3.8, 4) is 0 Å². The molecule has 162 valence electrons. The molecule has 2 heterocycles. The lowest BCUT2D eigenvalue weighted by Crippen LogP contribution is -2.63. The van der Waals surface area contributed by atoms with Crippen molar-refractivity contribution in [1.82, 2.24) is 16.0 Å². The Morgan fingerprint density at radius 3 is 2.55 bits per heavy atom. The molecule has 2 amide bonds. The highest BCUT2D eigenvalue weighted by Crippen LogP contribution is 2.42. The maximum Gasteiger partial charge on any atom is 0.250 e. The van der Waals surface area contributed by atoms with Gasteiger partial charge in [-0.25, -0.2) is 0 Å². The van der Waals surface area contributed by atoms with Crippen LogP contribution in [0.25, 0.3) is 0 Å². The number of nitrogens with one attached hydrogen (secondary N) is 3. The van der Waals surface area contributed by atoms with Gasteiger partial charge in [-0.05, 0) is 55.1 Å². The van der Waals surface area contributed by atoms with Gasteiger partial charge in [-0.15, -0.1) is 0 Å². The van der Waals surface area contributed by atoms with E-state index in [1.807, 2.05) is 39.0 Å². The van der Waals surface area contributed by atoms with E-state index < -0.39 is 17.0 Å². The van der Waals surface area contributed by atoms with Crippen molar-refractivity contribution in [2.24, 2.45) is 17.3 Å². The summed E-state index contributed by atoms with van der Waals surface area (Å²) in [6.45, 7) is 8.02. The molecule has 1 unspecified atom stereocenters. The van der Waals surface area contributed by atoms with E-state index in [2.05, 4.69) is 16.0 Å². The number of ether oxygens (including phenoxy) is 2. The Morgan fingerprint density at radius 2 is 1.97 bits per heavy atom. The smallest absolute Gasteiger partial charge is 0.250 e. The van der Waals surface area contributed by atoms with Gasteiger partial charge < -0.3 is 25.4 Å². The lowest BCUT2D eigenvalue weighted by Gasteiger charge is -2.38. The molecule has 7 heteroatoms. The number of hydrogen-bond donors (Lipinski definition) is 3. The highest BCUT2D eigenvalue weighted by atomic mass is 16.5. The van der Waals surface area contributed by atoms with Crippen LogP contribution in [-0.4, -0.2) is 50.3 Å². The Labute approximate surface area is 173 Å².